The molecule has 1 saturated carbocycles. The van der Waals surface area contributed by atoms with Gasteiger partial charge in [0.05, 0.1) is 5.56 Å². The summed E-state index contributed by atoms with van der Waals surface area (Å²) in [5.41, 5.74) is -0.277. The molecule has 1 aromatic carbocycles. The number of benzene rings is 1. The highest BCUT2D eigenvalue weighted by Crippen LogP contribution is 2.31. The molecule has 1 aliphatic carbocycles. The van der Waals surface area contributed by atoms with E-state index in [1.54, 1.807) is 0 Å². The van der Waals surface area contributed by atoms with Crippen LogP contribution in [-0.4, -0.2) is 37.4 Å². The number of rotatable bonds is 5. The lowest BCUT2D eigenvalue weighted by molar-refractivity contribution is 0.0696. The zero-order chi connectivity index (χ0) is 14.2. The van der Waals surface area contributed by atoms with Crippen LogP contribution in [0.25, 0.3) is 0 Å². The van der Waals surface area contributed by atoms with E-state index in [-0.39, 0.29) is 5.56 Å². The molecular formula is C12H14FNO4S. The average Bonchev–Trinajstić information content (AvgIpc) is 3.12. The molecule has 1 N–H and O–H groups in total. The second kappa shape index (κ2) is 4.90. The van der Waals surface area contributed by atoms with Crippen LogP contribution >= 0.6 is 0 Å². The molecule has 1 aliphatic rings. The number of nitrogens with zero attached hydrogens (tertiary/aromatic N) is 1. The summed E-state index contributed by atoms with van der Waals surface area (Å²) in [6.07, 6.45) is 1.97. The number of aromatic carboxylic acids is 1. The smallest absolute Gasteiger partial charge is 0.335 e. The van der Waals surface area contributed by atoms with Crippen molar-refractivity contribution in [3.8, 4) is 0 Å². The summed E-state index contributed by atoms with van der Waals surface area (Å²) in [6, 6.07) is 2.81. The van der Waals surface area contributed by atoms with Gasteiger partial charge >= 0.3 is 5.97 Å². The Hall–Kier alpha value is -1.47. The molecule has 0 aromatic heterocycles. The Kier molecular flexibility index (Phi) is 3.60. The summed E-state index contributed by atoms with van der Waals surface area (Å²) in [6.45, 7) is 0.364. The van der Waals surface area contributed by atoms with Gasteiger partial charge in [-0.25, -0.2) is 21.9 Å². The molecule has 0 unspecified atom stereocenters. The topological polar surface area (TPSA) is 74.7 Å². The van der Waals surface area contributed by atoms with E-state index >= 15 is 0 Å². The Morgan fingerprint density at radius 3 is 2.58 bits per heavy atom. The van der Waals surface area contributed by atoms with Gasteiger partial charge in [-0.15, -0.1) is 0 Å². The lowest BCUT2D eigenvalue weighted by Crippen LogP contribution is -2.29. The number of sulfonamides is 1. The van der Waals surface area contributed by atoms with E-state index in [0.29, 0.717) is 12.5 Å². The van der Waals surface area contributed by atoms with Crippen LogP contribution in [0.15, 0.2) is 23.1 Å². The molecule has 19 heavy (non-hydrogen) atoms. The maximum Gasteiger partial charge on any atom is 0.335 e. The monoisotopic (exact) mass is 287 g/mol. The van der Waals surface area contributed by atoms with Gasteiger partial charge in [-0.3, -0.25) is 0 Å². The van der Waals surface area contributed by atoms with Crippen LogP contribution in [0.4, 0.5) is 4.39 Å². The van der Waals surface area contributed by atoms with E-state index in [0.717, 1.165) is 35.3 Å². The zero-order valence-electron chi connectivity index (χ0n) is 10.3. The van der Waals surface area contributed by atoms with E-state index in [1.165, 1.54) is 7.05 Å². The Balaban J connectivity index is 2.31. The van der Waals surface area contributed by atoms with Crippen molar-refractivity contribution in [1.82, 2.24) is 4.31 Å². The highest BCUT2D eigenvalue weighted by atomic mass is 32.2. The van der Waals surface area contributed by atoms with Crippen molar-refractivity contribution in [2.75, 3.05) is 13.6 Å². The Morgan fingerprint density at radius 2 is 2.11 bits per heavy atom. The predicted octanol–water partition coefficient (Wildman–Crippen LogP) is 1.55. The minimum Gasteiger partial charge on any atom is -0.478 e. The van der Waals surface area contributed by atoms with Crippen molar-refractivity contribution in [2.24, 2.45) is 5.92 Å². The van der Waals surface area contributed by atoms with Crippen molar-refractivity contribution in [1.29, 1.82) is 0 Å². The first kappa shape index (κ1) is 14.0. The fourth-order valence-electron chi connectivity index (χ4n) is 1.77. The Bertz CT molecular complexity index is 610. The Labute approximate surface area is 110 Å². The molecule has 0 saturated heterocycles. The summed E-state index contributed by atoms with van der Waals surface area (Å²) >= 11 is 0. The molecule has 5 nitrogen and oxygen atoms in total. The lowest BCUT2D eigenvalue weighted by Gasteiger charge is -2.17. The summed E-state index contributed by atoms with van der Waals surface area (Å²) in [7, 11) is -2.50. The standard InChI is InChI=1S/C12H14FNO4S/c1-14(7-8-2-3-8)19(17,18)11-5-4-9(12(15)16)6-10(11)13/h4-6,8H,2-3,7H2,1H3,(H,15,16). The number of halogens is 1. The van der Waals surface area contributed by atoms with Crippen molar-refractivity contribution in [3.63, 3.8) is 0 Å². The summed E-state index contributed by atoms with van der Waals surface area (Å²) in [5, 5.41) is 8.71. The third kappa shape index (κ3) is 2.93. The molecule has 1 fully saturated rings. The molecule has 104 valence electrons. The lowest BCUT2D eigenvalue weighted by atomic mass is 10.2. The minimum atomic E-state index is -3.90. The quantitative estimate of drug-likeness (QED) is 0.891. The van der Waals surface area contributed by atoms with Gasteiger partial charge in [0.1, 0.15) is 10.7 Å². The maximum absolute atomic E-state index is 13.8. The van der Waals surface area contributed by atoms with E-state index in [1.807, 2.05) is 0 Å². The van der Waals surface area contributed by atoms with E-state index < -0.39 is 26.7 Å². The molecule has 0 spiro atoms. The van der Waals surface area contributed by atoms with Crippen LogP contribution in [-0.2, 0) is 10.0 Å². The second-order valence-electron chi connectivity index (χ2n) is 4.68. The van der Waals surface area contributed by atoms with Gasteiger partial charge in [0.2, 0.25) is 10.0 Å². The minimum absolute atomic E-state index is 0.277. The van der Waals surface area contributed by atoms with Crippen LogP contribution < -0.4 is 0 Å². The highest BCUT2D eigenvalue weighted by Gasteiger charge is 2.30. The van der Waals surface area contributed by atoms with Crippen LogP contribution in [0, 0.1) is 11.7 Å². The van der Waals surface area contributed by atoms with E-state index in [9.17, 15) is 17.6 Å². The predicted molar refractivity (Wildman–Crippen MR) is 65.9 cm³/mol. The fourth-order valence-corrected chi connectivity index (χ4v) is 3.06. The molecule has 0 bridgehead atoms. The van der Waals surface area contributed by atoms with E-state index in [2.05, 4.69) is 0 Å². The van der Waals surface area contributed by atoms with Crippen molar-refractivity contribution < 1.29 is 22.7 Å². The molecule has 0 radical (unpaired) electrons. The summed E-state index contributed by atoms with van der Waals surface area (Å²) < 4.78 is 39.1. The SMILES string of the molecule is CN(CC1CC1)S(=O)(=O)c1ccc(C(=O)O)cc1F. The van der Waals surface area contributed by atoms with Gasteiger partial charge < -0.3 is 5.11 Å². The largest absolute Gasteiger partial charge is 0.478 e. The number of carboxylic acid groups (broad SMARTS) is 1. The molecule has 0 heterocycles. The number of hydrogen-bond donors (Lipinski definition) is 1. The van der Waals surface area contributed by atoms with Gasteiger partial charge in [-0.2, -0.15) is 0 Å². The van der Waals surface area contributed by atoms with Crippen LogP contribution in [0.5, 0.6) is 0 Å². The second-order valence-corrected chi connectivity index (χ2v) is 6.69. The molecule has 1 aromatic rings. The first-order valence-corrected chi connectivity index (χ1v) is 7.25. The fraction of sp³-hybridized carbons (Fsp3) is 0.417. The third-order valence-electron chi connectivity index (χ3n) is 3.08. The molecule has 7 heteroatoms. The van der Waals surface area contributed by atoms with Gasteiger partial charge in [0, 0.05) is 13.6 Å². The summed E-state index contributed by atoms with van der Waals surface area (Å²) in [4.78, 5) is 10.2. The number of carboxylic acids is 1. The third-order valence-corrected chi connectivity index (χ3v) is 4.94. The summed E-state index contributed by atoms with van der Waals surface area (Å²) in [5.74, 6) is -1.99. The van der Waals surface area contributed by atoms with Crippen molar-refractivity contribution in [2.45, 2.75) is 17.7 Å². The van der Waals surface area contributed by atoms with Crippen LogP contribution in [0.2, 0.25) is 0 Å². The maximum atomic E-state index is 13.8. The zero-order valence-corrected chi connectivity index (χ0v) is 11.2. The molecule has 0 amide bonds. The van der Waals surface area contributed by atoms with Crippen LogP contribution in [0.3, 0.4) is 0 Å². The average molecular weight is 287 g/mol. The van der Waals surface area contributed by atoms with E-state index in [4.69, 9.17) is 5.11 Å². The number of carbonyl (C=O) groups is 1. The first-order valence-electron chi connectivity index (χ1n) is 5.81. The van der Waals surface area contributed by atoms with Gasteiger partial charge in [0.15, 0.2) is 0 Å². The molecule has 0 aliphatic heterocycles. The Morgan fingerprint density at radius 1 is 1.47 bits per heavy atom. The first-order chi connectivity index (χ1) is 8.82. The van der Waals surface area contributed by atoms with Gasteiger partial charge in [-0.05, 0) is 37.0 Å². The van der Waals surface area contributed by atoms with Crippen molar-refractivity contribution >= 4 is 16.0 Å². The van der Waals surface area contributed by atoms with Crippen LogP contribution in [0.1, 0.15) is 23.2 Å². The molecule has 2 rings (SSSR count). The normalized spacial score (nSPS) is 15.7. The number of hydrogen-bond acceptors (Lipinski definition) is 3. The van der Waals surface area contributed by atoms with Crippen molar-refractivity contribution in [3.05, 3.63) is 29.6 Å². The van der Waals surface area contributed by atoms with Gasteiger partial charge in [0.25, 0.3) is 0 Å². The highest BCUT2D eigenvalue weighted by molar-refractivity contribution is 7.89. The van der Waals surface area contributed by atoms with Gasteiger partial charge in [-0.1, -0.05) is 0 Å². The molecular weight excluding hydrogens is 273 g/mol. The molecule has 0 atom stereocenters.